The molecule has 3 aromatic rings. The Balaban J connectivity index is 1.43. The van der Waals surface area contributed by atoms with Gasteiger partial charge in [-0.05, 0) is 61.1 Å². The number of thiophene rings is 1. The van der Waals surface area contributed by atoms with Crippen LogP contribution in [-0.2, 0) is 27.3 Å². The lowest BCUT2D eigenvalue weighted by Crippen LogP contribution is -2.37. The lowest BCUT2D eigenvalue weighted by molar-refractivity contribution is -0.384. The summed E-state index contributed by atoms with van der Waals surface area (Å²) >= 11 is 7.39. The second-order valence-corrected chi connectivity index (χ2v) is 10.7. The molecule has 2 aromatic carbocycles. The SMILES string of the molecule is N#Cc1c(N2C(=O)[C@H]3[C@H](ON(c4ccc(Cl)cc4)[C@H]3c3ccc([N+](=O)[O-])cc3)C2=O)sc2c1CCCC2. The number of nitro groups is 1. The Labute approximate surface area is 220 Å². The van der Waals surface area contributed by atoms with E-state index in [1.54, 1.807) is 36.4 Å². The molecule has 3 atom stereocenters. The van der Waals surface area contributed by atoms with Crippen molar-refractivity contribution in [3.05, 3.63) is 85.2 Å². The van der Waals surface area contributed by atoms with Crippen molar-refractivity contribution < 1.29 is 19.3 Å². The maximum atomic E-state index is 13.9. The number of amides is 2. The molecular weight excluding hydrogens is 516 g/mol. The number of hydroxylamine groups is 1. The van der Waals surface area contributed by atoms with Crippen molar-refractivity contribution in [2.75, 3.05) is 9.96 Å². The van der Waals surface area contributed by atoms with Crippen LogP contribution in [0, 0.1) is 27.4 Å². The lowest BCUT2D eigenvalue weighted by Gasteiger charge is -2.28. The summed E-state index contributed by atoms with van der Waals surface area (Å²) in [5.74, 6) is -1.88. The first-order valence-electron chi connectivity index (χ1n) is 11.8. The van der Waals surface area contributed by atoms with Crippen LogP contribution in [0.5, 0.6) is 0 Å². The molecule has 1 aromatic heterocycles. The van der Waals surface area contributed by atoms with Gasteiger partial charge in [-0.25, -0.2) is 9.96 Å². The fourth-order valence-electron chi connectivity index (χ4n) is 5.38. The number of non-ortho nitro benzene ring substituents is 1. The summed E-state index contributed by atoms with van der Waals surface area (Å²) in [6.07, 6.45) is 2.45. The van der Waals surface area contributed by atoms with Crippen molar-refractivity contribution in [3.63, 3.8) is 0 Å². The first kappa shape index (κ1) is 23.6. The molecule has 0 N–H and O–H groups in total. The fraction of sp³-hybridized carbons (Fsp3) is 0.269. The molecule has 37 heavy (non-hydrogen) atoms. The molecule has 9 nitrogen and oxygen atoms in total. The number of aryl methyl sites for hydroxylation is 1. The van der Waals surface area contributed by atoms with Crippen molar-refractivity contribution in [2.24, 2.45) is 5.92 Å². The quantitative estimate of drug-likeness (QED) is 0.259. The number of nitrogens with zero attached hydrogens (tertiary/aromatic N) is 4. The highest BCUT2D eigenvalue weighted by Crippen LogP contribution is 2.50. The van der Waals surface area contributed by atoms with Crippen LogP contribution in [0.2, 0.25) is 5.02 Å². The monoisotopic (exact) mass is 534 g/mol. The number of carbonyl (C=O) groups is 2. The van der Waals surface area contributed by atoms with E-state index in [1.807, 2.05) is 0 Å². The van der Waals surface area contributed by atoms with Crippen molar-refractivity contribution in [2.45, 2.75) is 37.8 Å². The van der Waals surface area contributed by atoms with E-state index in [0.29, 0.717) is 26.8 Å². The standard InChI is InChI=1S/C26H19ClN4O5S/c27-15-7-11-16(12-8-15)30-22(14-5-9-17(10-6-14)31(34)35)21-23(36-30)25(33)29(24(21)32)26-19(13-28)18-3-1-2-4-20(18)37-26/h5-12,21-23H,1-4H2/t21-,22+,23+/m1/s1. The van der Waals surface area contributed by atoms with Gasteiger partial charge < -0.3 is 0 Å². The van der Waals surface area contributed by atoms with Crippen LogP contribution < -0.4 is 9.96 Å². The zero-order chi connectivity index (χ0) is 25.8. The minimum atomic E-state index is -1.10. The fourth-order valence-corrected chi connectivity index (χ4v) is 6.86. The molecule has 2 amide bonds. The molecule has 1 aliphatic carbocycles. The van der Waals surface area contributed by atoms with E-state index in [0.717, 1.165) is 41.0 Å². The Morgan fingerprint density at radius 1 is 1.05 bits per heavy atom. The Morgan fingerprint density at radius 2 is 1.76 bits per heavy atom. The van der Waals surface area contributed by atoms with E-state index < -0.39 is 34.8 Å². The van der Waals surface area contributed by atoms with Crippen LogP contribution in [0.1, 0.15) is 40.5 Å². The molecule has 186 valence electrons. The third-order valence-electron chi connectivity index (χ3n) is 7.11. The summed E-state index contributed by atoms with van der Waals surface area (Å²) in [7, 11) is 0. The third kappa shape index (κ3) is 3.70. The normalized spacial score (nSPS) is 22.6. The zero-order valence-corrected chi connectivity index (χ0v) is 20.9. The summed E-state index contributed by atoms with van der Waals surface area (Å²) in [6, 6.07) is 14.1. The Bertz CT molecular complexity index is 1480. The summed E-state index contributed by atoms with van der Waals surface area (Å²) < 4.78 is 0. The average molecular weight is 535 g/mol. The molecular formula is C26H19ClN4O5S. The van der Waals surface area contributed by atoms with E-state index in [-0.39, 0.29) is 5.69 Å². The van der Waals surface area contributed by atoms with Gasteiger partial charge >= 0.3 is 0 Å². The molecule has 2 saturated heterocycles. The maximum Gasteiger partial charge on any atom is 0.269 e. The van der Waals surface area contributed by atoms with Gasteiger partial charge in [-0.2, -0.15) is 5.26 Å². The third-order valence-corrected chi connectivity index (χ3v) is 8.64. The van der Waals surface area contributed by atoms with Crippen LogP contribution >= 0.6 is 22.9 Å². The highest BCUT2D eigenvalue weighted by molar-refractivity contribution is 7.17. The van der Waals surface area contributed by atoms with Crippen molar-refractivity contribution in [1.82, 2.24) is 0 Å². The highest BCUT2D eigenvalue weighted by atomic mass is 35.5. The number of imide groups is 1. The summed E-state index contributed by atoms with van der Waals surface area (Å²) in [6.45, 7) is 0. The van der Waals surface area contributed by atoms with Gasteiger partial charge in [-0.15, -0.1) is 11.3 Å². The number of halogens is 1. The minimum Gasteiger partial charge on any atom is -0.273 e. The summed E-state index contributed by atoms with van der Waals surface area (Å²) in [4.78, 5) is 46.6. The predicted molar refractivity (Wildman–Crippen MR) is 136 cm³/mol. The van der Waals surface area contributed by atoms with Gasteiger partial charge in [-0.1, -0.05) is 23.7 Å². The zero-order valence-electron chi connectivity index (χ0n) is 19.3. The molecule has 3 aliphatic rings. The number of anilines is 2. The number of carbonyl (C=O) groups excluding carboxylic acids is 2. The van der Waals surface area contributed by atoms with E-state index >= 15 is 0 Å². The van der Waals surface area contributed by atoms with Gasteiger partial charge in [0, 0.05) is 22.0 Å². The van der Waals surface area contributed by atoms with Crippen LogP contribution in [0.3, 0.4) is 0 Å². The van der Waals surface area contributed by atoms with Crippen LogP contribution in [0.15, 0.2) is 48.5 Å². The average Bonchev–Trinajstić information content (AvgIpc) is 3.54. The van der Waals surface area contributed by atoms with Gasteiger partial charge in [0.15, 0.2) is 6.10 Å². The van der Waals surface area contributed by atoms with Crippen LogP contribution in [0.4, 0.5) is 16.4 Å². The highest BCUT2D eigenvalue weighted by Gasteiger charge is 2.61. The van der Waals surface area contributed by atoms with Crippen LogP contribution in [-0.4, -0.2) is 22.8 Å². The number of rotatable bonds is 4. The van der Waals surface area contributed by atoms with Gasteiger partial charge in [0.05, 0.1) is 22.2 Å². The molecule has 11 heteroatoms. The van der Waals surface area contributed by atoms with Crippen molar-refractivity contribution >= 4 is 51.1 Å². The molecule has 0 bridgehead atoms. The first-order valence-corrected chi connectivity index (χ1v) is 13.0. The number of benzene rings is 2. The topological polar surface area (TPSA) is 117 Å². The molecule has 0 unspecified atom stereocenters. The second-order valence-electron chi connectivity index (χ2n) is 9.16. The van der Waals surface area contributed by atoms with E-state index in [1.165, 1.54) is 28.5 Å². The first-order chi connectivity index (χ1) is 17.9. The van der Waals surface area contributed by atoms with Gasteiger partial charge in [-0.3, -0.25) is 24.5 Å². The lowest BCUT2D eigenvalue weighted by atomic mass is 9.90. The number of hydrogen-bond donors (Lipinski definition) is 0. The van der Waals surface area contributed by atoms with Gasteiger partial charge in [0.1, 0.15) is 17.0 Å². The molecule has 6 rings (SSSR count). The molecule has 3 heterocycles. The maximum absolute atomic E-state index is 13.9. The molecule has 2 fully saturated rings. The van der Waals surface area contributed by atoms with Gasteiger partial charge in [0.25, 0.3) is 11.6 Å². The number of hydrogen-bond acceptors (Lipinski definition) is 8. The summed E-state index contributed by atoms with van der Waals surface area (Å²) in [5.41, 5.74) is 2.40. The van der Waals surface area contributed by atoms with Crippen LogP contribution in [0.25, 0.3) is 0 Å². The summed E-state index contributed by atoms with van der Waals surface area (Å²) in [5, 5.41) is 23.5. The molecule has 0 saturated carbocycles. The molecule has 2 aliphatic heterocycles. The van der Waals surface area contributed by atoms with E-state index in [9.17, 15) is 25.0 Å². The van der Waals surface area contributed by atoms with E-state index in [2.05, 4.69) is 6.07 Å². The molecule has 0 radical (unpaired) electrons. The molecule has 0 spiro atoms. The smallest absolute Gasteiger partial charge is 0.269 e. The largest absolute Gasteiger partial charge is 0.273 e. The number of fused-ring (bicyclic) bond motifs is 2. The van der Waals surface area contributed by atoms with Crippen molar-refractivity contribution in [3.8, 4) is 6.07 Å². The second kappa shape index (κ2) is 8.95. The Kier molecular flexibility index (Phi) is 5.71. The minimum absolute atomic E-state index is 0.0875. The number of nitro benzene ring substituents is 1. The Hall–Kier alpha value is -3.78. The van der Waals surface area contributed by atoms with E-state index in [4.69, 9.17) is 16.4 Å². The Morgan fingerprint density at radius 3 is 2.43 bits per heavy atom. The number of nitriles is 1. The predicted octanol–water partition coefficient (Wildman–Crippen LogP) is 5.11. The van der Waals surface area contributed by atoms with Crippen molar-refractivity contribution in [1.29, 1.82) is 5.26 Å². The van der Waals surface area contributed by atoms with Gasteiger partial charge in [0.2, 0.25) is 5.91 Å².